The van der Waals surface area contributed by atoms with Crippen molar-refractivity contribution in [3.05, 3.63) is 44.8 Å². The van der Waals surface area contributed by atoms with E-state index < -0.39 is 17.6 Å². The van der Waals surface area contributed by atoms with E-state index >= 15 is 0 Å². The van der Waals surface area contributed by atoms with Crippen LogP contribution < -0.4 is 10.9 Å². The number of rotatable bonds is 4. The molecule has 1 saturated heterocycles. The molecule has 1 atom stereocenters. The number of benzene rings is 1. The average Bonchev–Trinajstić information content (AvgIpc) is 2.98. The number of esters is 1. The van der Waals surface area contributed by atoms with Gasteiger partial charge in [-0.3, -0.25) is 4.79 Å². The van der Waals surface area contributed by atoms with E-state index in [9.17, 15) is 14.4 Å². The Morgan fingerprint density at radius 1 is 1.33 bits per heavy atom. The molecule has 1 unspecified atom stereocenters. The van der Waals surface area contributed by atoms with Gasteiger partial charge in [-0.05, 0) is 30.5 Å². The van der Waals surface area contributed by atoms with Crippen LogP contribution in [0, 0.1) is 0 Å². The first-order chi connectivity index (χ1) is 11.5. The molecule has 3 rings (SSSR count). The fourth-order valence-electron chi connectivity index (χ4n) is 2.72. The van der Waals surface area contributed by atoms with Gasteiger partial charge in [-0.2, -0.15) is 0 Å². The maximum Gasteiger partial charge on any atom is 0.336 e. The number of aryl methyl sites for hydroxylation is 1. The topological polar surface area (TPSA) is 85.6 Å². The number of amides is 1. The third-order valence-corrected chi connectivity index (χ3v) is 4.38. The first-order valence-electron chi connectivity index (χ1n) is 7.69. The van der Waals surface area contributed by atoms with Crippen LogP contribution in [0.4, 0.5) is 0 Å². The highest BCUT2D eigenvalue weighted by Gasteiger charge is 2.28. The summed E-state index contributed by atoms with van der Waals surface area (Å²) in [6.07, 6.45) is 1.44. The first kappa shape index (κ1) is 16.5. The Morgan fingerprint density at radius 2 is 2.12 bits per heavy atom. The maximum absolute atomic E-state index is 12.0. The van der Waals surface area contributed by atoms with Gasteiger partial charge in [0.1, 0.15) is 18.2 Å². The molecule has 1 aromatic heterocycles. The van der Waals surface area contributed by atoms with Crippen molar-refractivity contribution in [2.45, 2.75) is 38.8 Å². The van der Waals surface area contributed by atoms with Crippen LogP contribution in [-0.2, 0) is 27.4 Å². The van der Waals surface area contributed by atoms with Crippen LogP contribution in [-0.4, -0.2) is 17.9 Å². The zero-order valence-electron chi connectivity index (χ0n) is 13.1. The highest BCUT2D eigenvalue weighted by Crippen LogP contribution is 2.26. The molecule has 0 bridgehead atoms. The number of nitrogens with one attached hydrogen (secondary N) is 1. The van der Waals surface area contributed by atoms with Crippen molar-refractivity contribution in [2.75, 3.05) is 0 Å². The van der Waals surface area contributed by atoms with Gasteiger partial charge in [0.05, 0.1) is 0 Å². The Labute approximate surface area is 142 Å². The van der Waals surface area contributed by atoms with E-state index in [4.69, 9.17) is 20.8 Å². The molecular weight excluding hydrogens is 334 g/mol. The summed E-state index contributed by atoms with van der Waals surface area (Å²) in [6, 6.07) is 4.09. The van der Waals surface area contributed by atoms with Crippen molar-refractivity contribution < 1.29 is 18.7 Å². The predicted octanol–water partition coefficient (Wildman–Crippen LogP) is 2.33. The van der Waals surface area contributed by atoms with Gasteiger partial charge in [0, 0.05) is 28.5 Å². The zero-order valence-corrected chi connectivity index (χ0v) is 13.8. The molecule has 24 heavy (non-hydrogen) atoms. The number of ether oxygens (including phenoxy) is 1. The summed E-state index contributed by atoms with van der Waals surface area (Å²) in [5.41, 5.74) is 1.27. The number of carbonyl (C=O) groups is 2. The summed E-state index contributed by atoms with van der Waals surface area (Å²) in [4.78, 5) is 34.9. The summed E-state index contributed by atoms with van der Waals surface area (Å²) in [5.74, 6) is -0.680. The van der Waals surface area contributed by atoms with Crippen molar-refractivity contribution in [2.24, 2.45) is 0 Å². The van der Waals surface area contributed by atoms with E-state index in [-0.39, 0.29) is 12.5 Å². The molecule has 0 radical (unpaired) electrons. The lowest BCUT2D eigenvalue weighted by atomic mass is 10.1. The zero-order chi connectivity index (χ0) is 17.3. The number of hydrogen-bond donors (Lipinski definition) is 1. The molecule has 1 fully saturated rings. The Hall–Kier alpha value is -2.34. The molecule has 7 heteroatoms. The van der Waals surface area contributed by atoms with Gasteiger partial charge in [-0.25, -0.2) is 9.59 Å². The third kappa shape index (κ3) is 3.28. The second kappa shape index (κ2) is 6.65. The molecule has 0 aliphatic carbocycles. The summed E-state index contributed by atoms with van der Waals surface area (Å²) >= 11 is 6.22. The number of halogens is 1. The monoisotopic (exact) mass is 349 g/mol. The van der Waals surface area contributed by atoms with Crippen molar-refractivity contribution in [1.29, 1.82) is 0 Å². The lowest BCUT2D eigenvalue weighted by molar-refractivity contribution is -0.147. The summed E-state index contributed by atoms with van der Waals surface area (Å²) in [5, 5.41) is 3.74. The van der Waals surface area contributed by atoms with Gasteiger partial charge in [0.15, 0.2) is 0 Å². The highest BCUT2D eigenvalue weighted by atomic mass is 35.5. The quantitative estimate of drug-likeness (QED) is 0.676. The predicted molar refractivity (Wildman–Crippen MR) is 87.8 cm³/mol. The van der Waals surface area contributed by atoms with Gasteiger partial charge in [-0.15, -0.1) is 0 Å². The summed E-state index contributed by atoms with van der Waals surface area (Å²) < 4.78 is 10.5. The second-order valence-electron chi connectivity index (χ2n) is 5.65. The average molecular weight is 350 g/mol. The normalized spacial score (nSPS) is 17.1. The van der Waals surface area contributed by atoms with E-state index in [0.717, 1.165) is 5.56 Å². The van der Waals surface area contributed by atoms with Crippen molar-refractivity contribution in [1.82, 2.24) is 5.32 Å². The molecule has 6 nitrogen and oxygen atoms in total. The molecule has 1 aliphatic rings. The molecular formula is C17H16ClNO5. The Kier molecular flexibility index (Phi) is 4.57. The fourth-order valence-corrected chi connectivity index (χ4v) is 3.02. The van der Waals surface area contributed by atoms with Crippen molar-refractivity contribution in [3.63, 3.8) is 0 Å². The first-order valence-corrected chi connectivity index (χ1v) is 8.07. The minimum Gasteiger partial charge on any atom is -0.459 e. The van der Waals surface area contributed by atoms with Gasteiger partial charge in [0.2, 0.25) is 5.91 Å². The van der Waals surface area contributed by atoms with Crippen LogP contribution in [0.1, 0.15) is 30.9 Å². The van der Waals surface area contributed by atoms with E-state index in [1.54, 1.807) is 12.1 Å². The van der Waals surface area contributed by atoms with Crippen LogP contribution in [0.25, 0.3) is 11.0 Å². The lowest BCUT2D eigenvalue weighted by Crippen LogP contribution is -2.34. The van der Waals surface area contributed by atoms with Gasteiger partial charge < -0.3 is 14.5 Å². The molecule has 1 aromatic carbocycles. The van der Waals surface area contributed by atoms with Crippen LogP contribution in [0.15, 0.2) is 27.4 Å². The van der Waals surface area contributed by atoms with Gasteiger partial charge in [-0.1, -0.05) is 18.5 Å². The molecule has 1 N–H and O–H groups in total. The third-order valence-electron chi connectivity index (χ3n) is 4.03. The Morgan fingerprint density at radius 3 is 2.79 bits per heavy atom. The Balaban J connectivity index is 1.86. The number of hydrogen-bond acceptors (Lipinski definition) is 5. The minimum absolute atomic E-state index is 0.0882. The van der Waals surface area contributed by atoms with Gasteiger partial charge >= 0.3 is 11.6 Å². The SMILES string of the molecule is CCc1cc2oc(=O)cc(COC(=O)C3CCC(=O)N3)c2cc1Cl. The molecule has 126 valence electrons. The molecule has 1 aliphatic heterocycles. The molecule has 0 saturated carbocycles. The van der Waals surface area contributed by atoms with Crippen molar-refractivity contribution in [3.8, 4) is 0 Å². The maximum atomic E-state index is 12.0. The van der Waals surface area contributed by atoms with Crippen molar-refractivity contribution >= 4 is 34.4 Å². The fraction of sp³-hybridized carbons (Fsp3) is 0.353. The smallest absolute Gasteiger partial charge is 0.336 e. The molecule has 2 heterocycles. The van der Waals surface area contributed by atoms with E-state index in [1.807, 2.05) is 6.92 Å². The van der Waals surface area contributed by atoms with Crippen LogP contribution in [0.5, 0.6) is 0 Å². The number of carbonyl (C=O) groups excluding carboxylic acids is 2. The van der Waals surface area contributed by atoms with E-state index in [2.05, 4.69) is 5.32 Å². The molecule has 2 aromatic rings. The summed E-state index contributed by atoms with van der Waals surface area (Å²) in [6.45, 7) is 1.86. The standard InChI is InChI=1S/C17H16ClNO5/c1-2-9-5-14-11(7-12(9)18)10(6-16(21)24-14)8-23-17(22)13-3-4-15(20)19-13/h5-7,13H,2-4,8H2,1H3,(H,19,20). The number of fused-ring (bicyclic) bond motifs is 1. The van der Waals surface area contributed by atoms with E-state index in [1.165, 1.54) is 6.07 Å². The van der Waals surface area contributed by atoms with Gasteiger partial charge in [0.25, 0.3) is 0 Å². The highest BCUT2D eigenvalue weighted by molar-refractivity contribution is 6.32. The largest absolute Gasteiger partial charge is 0.459 e. The van der Waals surface area contributed by atoms with Crippen LogP contribution >= 0.6 is 11.6 Å². The van der Waals surface area contributed by atoms with Crippen LogP contribution in [0.3, 0.4) is 0 Å². The van der Waals surface area contributed by atoms with Crippen LogP contribution in [0.2, 0.25) is 5.02 Å². The summed E-state index contributed by atoms with van der Waals surface area (Å²) in [7, 11) is 0. The van der Waals surface area contributed by atoms with E-state index in [0.29, 0.717) is 40.8 Å². The Bertz CT molecular complexity index is 873. The molecule has 0 spiro atoms. The second-order valence-corrected chi connectivity index (χ2v) is 6.06. The minimum atomic E-state index is -0.626. The molecule has 1 amide bonds. The lowest BCUT2D eigenvalue weighted by Gasteiger charge is -2.12.